The average molecular weight is 232 g/mol. The molecule has 2 aromatic heterocycles. The predicted octanol–water partition coefficient (Wildman–Crippen LogP) is 0.755. The van der Waals surface area contributed by atoms with E-state index >= 15 is 0 Å². The van der Waals surface area contributed by atoms with Gasteiger partial charge in [0.05, 0.1) is 5.69 Å². The first-order chi connectivity index (χ1) is 8.18. The van der Waals surface area contributed by atoms with Crippen molar-refractivity contribution in [3.05, 3.63) is 30.0 Å². The molecule has 2 rings (SSSR count). The minimum atomic E-state index is 0.700. The van der Waals surface area contributed by atoms with Crippen LogP contribution in [0.1, 0.15) is 11.4 Å². The van der Waals surface area contributed by atoms with E-state index in [1.807, 2.05) is 24.6 Å². The Hall–Kier alpha value is -2.11. The number of nitrogens with zero attached hydrogens (tertiary/aromatic N) is 4. The summed E-state index contributed by atoms with van der Waals surface area (Å²) in [5.74, 6) is 1.66. The Kier molecular flexibility index (Phi) is 3.22. The van der Waals surface area contributed by atoms with Crippen LogP contribution in [-0.2, 0) is 13.5 Å². The van der Waals surface area contributed by atoms with Crippen molar-refractivity contribution in [2.24, 2.45) is 7.05 Å². The first kappa shape index (κ1) is 11.4. The smallest absolute Gasteiger partial charge is 0.149 e. The van der Waals surface area contributed by atoms with Gasteiger partial charge in [0.15, 0.2) is 0 Å². The highest BCUT2D eigenvalue weighted by Gasteiger charge is 2.04. The fourth-order valence-corrected chi connectivity index (χ4v) is 1.54. The summed E-state index contributed by atoms with van der Waals surface area (Å²) < 4.78 is 1.90. The van der Waals surface area contributed by atoms with Gasteiger partial charge in [0.1, 0.15) is 18.0 Å². The van der Waals surface area contributed by atoms with Crippen molar-refractivity contribution in [1.82, 2.24) is 19.7 Å². The Balaban J connectivity index is 1.95. The summed E-state index contributed by atoms with van der Waals surface area (Å²) in [6.07, 6.45) is 4.22. The molecule has 0 spiro atoms. The molecule has 6 heteroatoms. The molecule has 0 atom stereocenters. The molecule has 0 aromatic carbocycles. The summed E-state index contributed by atoms with van der Waals surface area (Å²) in [5, 5.41) is 11.0. The van der Waals surface area contributed by atoms with E-state index in [-0.39, 0.29) is 0 Å². The lowest BCUT2D eigenvalue weighted by Gasteiger charge is -2.09. The number of hydrogen-bond acceptors (Lipinski definition) is 5. The number of nitrogens with one attached hydrogen (secondary N) is 1. The van der Waals surface area contributed by atoms with E-state index in [1.165, 1.54) is 0 Å². The molecular formula is C11H16N6. The van der Waals surface area contributed by atoms with Crippen LogP contribution < -0.4 is 11.1 Å². The molecule has 6 nitrogen and oxygen atoms in total. The highest BCUT2D eigenvalue weighted by Crippen LogP contribution is 2.18. The van der Waals surface area contributed by atoms with Gasteiger partial charge in [0.2, 0.25) is 0 Å². The second kappa shape index (κ2) is 4.82. The highest BCUT2D eigenvalue weighted by atomic mass is 15.2. The minimum absolute atomic E-state index is 0.700. The molecule has 0 aliphatic rings. The van der Waals surface area contributed by atoms with Crippen molar-refractivity contribution in [2.75, 3.05) is 17.6 Å². The van der Waals surface area contributed by atoms with Crippen molar-refractivity contribution in [3.63, 3.8) is 0 Å². The van der Waals surface area contributed by atoms with E-state index in [4.69, 9.17) is 5.73 Å². The fraction of sp³-hybridized carbons (Fsp3) is 0.364. The van der Waals surface area contributed by atoms with Crippen LogP contribution in [0.5, 0.6) is 0 Å². The van der Waals surface area contributed by atoms with E-state index in [9.17, 15) is 0 Å². The number of nitrogen functional groups attached to an aromatic ring is 1. The van der Waals surface area contributed by atoms with Crippen LogP contribution >= 0.6 is 0 Å². The van der Waals surface area contributed by atoms with Crippen LogP contribution in [0.25, 0.3) is 0 Å². The Labute approximate surface area is 99.9 Å². The maximum Gasteiger partial charge on any atom is 0.149 e. The maximum atomic E-state index is 5.91. The first-order valence-electron chi connectivity index (χ1n) is 5.46. The Bertz CT molecular complexity index is 504. The molecular weight excluding hydrogens is 216 g/mol. The van der Waals surface area contributed by atoms with Crippen LogP contribution in [0.3, 0.4) is 0 Å². The fourth-order valence-electron chi connectivity index (χ4n) is 1.54. The van der Waals surface area contributed by atoms with Crippen molar-refractivity contribution < 1.29 is 0 Å². The normalized spacial score (nSPS) is 10.5. The predicted molar refractivity (Wildman–Crippen MR) is 66.6 cm³/mol. The van der Waals surface area contributed by atoms with Crippen LogP contribution in [0.4, 0.5) is 11.5 Å². The van der Waals surface area contributed by atoms with Crippen molar-refractivity contribution in [3.8, 4) is 0 Å². The standard InChI is InChI=1S/C11H16N6/c1-8-3-5-13-11(10(8)12)14-6-4-9-16-15-7-17(9)2/h3,5,7H,4,6,12H2,1-2H3,(H,13,14). The summed E-state index contributed by atoms with van der Waals surface area (Å²) in [4.78, 5) is 4.20. The van der Waals surface area contributed by atoms with Crippen LogP contribution in [0, 0.1) is 6.92 Å². The summed E-state index contributed by atoms with van der Waals surface area (Å²) >= 11 is 0. The summed E-state index contributed by atoms with van der Waals surface area (Å²) in [7, 11) is 1.93. The number of rotatable bonds is 4. The SMILES string of the molecule is Cc1ccnc(NCCc2nncn2C)c1N. The second-order valence-electron chi connectivity index (χ2n) is 3.92. The van der Waals surface area contributed by atoms with Crippen LogP contribution in [0.2, 0.25) is 0 Å². The zero-order valence-electron chi connectivity index (χ0n) is 10.0. The molecule has 0 radical (unpaired) electrons. The number of pyridine rings is 1. The third kappa shape index (κ3) is 2.52. The van der Waals surface area contributed by atoms with Crippen LogP contribution in [0.15, 0.2) is 18.6 Å². The zero-order valence-corrected chi connectivity index (χ0v) is 10.0. The number of anilines is 2. The van der Waals surface area contributed by atoms with Gasteiger partial charge in [-0.1, -0.05) is 0 Å². The van der Waals surface area contributed by atoms with E-state index in [0.29, 0.717) is 5.69 Å². The Morgan fingerprint density at radius 2 is 2.29 bits per heavy atom. The van der Waals surface area contributed by atoms with Gasteiger partial charge in [0.25, 0.3) is 0 Å². The van der Waals surface area contributed by atoms with Crippen molar-refractivity contribution >= 4 is 11.5 Å². The third-order valence-corrected chi connectivity index (χ3v) is 2.65. The number of nitrogens with two attached hydrogens (primary N) is 1. The van der Waals surface area contributed by atoms with Gasteiger partial charge in [0, 0.05) is 26.2 Å². The quantitative estimate of drug-likeness (QED) is 0.813. The topological polar surface area (TPSA) is 81.7 Å². The molecule has 0 aliphatic heterocycles. The van der Waals surface area contributed by atoms with E-state index in [0.717, 1.165) is 30.2 Å². The van der Waals surface area contributed by atoms with Crippen molar-refractivity contribution in [1.29, 1.82) is 0 Å². The van der Waals surface area contributed by atoms with E-state index < -0.39 is 0 Å². The molecule has 0 unspecified atom stereocenters. The molecule has 3 N–H and O–H groups in total. The molecule has 2 heterocycles. The number of aryl methyl sites for hydroxylation is 2. The largest absolute Gasteiger partial charge is 0.396 e. The lowest BCUT2D eigenvalue weighted by Crippen LogP contribution is -2.11. The molecule has 2 aromatic rings. The van der Waals surface area contributed by atoms with Gasteiger partial charge < -0.3 is 15.6 Å². The van der Waals surface area contributed by atoms with Gasteiger partial charge >= 0.3 is 0 Å². The van der Waals surface area contributed by atoms with Gasteiger partial charge in [-0.3, -0.25) is 0 Å². The summed E-state index contributed by atoms with van der Waals surface area (Å²) in [5.41, 5.74) is 7.64. The lowest BCUT2D eigenvalue weighted by molar-refractivity contribution is 0.787. The molecule has 0 aliphatic carbocycles. The molecule has 0 fully saturated rings. The monoisotopic (exact) mass is 232 g/mol. The zero-order chi connectivity index (χ0) is 12.3. The van der Waals surface area contributed by atoms with E-state index in [1.54, 1.807) is 12.5 Å². The highest BCUT2D eigenvalue weighted by molar-refractivity contribution is 5.64. The van der Waals surface area contributed by atoms with Crippen LogP contribution in [-0.4, -0.2) is 26.3 Å². The summed E-state index contributed by atoms with van der Waals surface area (Å²) in [6, 6.07) is 1.89. The molecule has 90 valence electrons. The number of hydrogen-bond donors (Lipinski definition) is 2. The molecule has 0 saturated carbocycles. The van der Waals surface area contributed by atoms with Crippen molar-refractivity contribution in [2.45, 2.75) is 13.3 Å². The second-order valence-corrected chi connectivity index (χ2v) is 3.92. The average Bonchev–Trinajstić information content (AvgIpc) is 2.71. The molecule has 0 saturated heterocycles. The Morgan fingerprint density at radius 1 is 1.47 bits per heavy atom. The third-order valence-electron chi connectivity index (χ3n) is 2.65. The number of aromatic nitrogens is 4. The van der Waals surface area contributed by atoms with Gasteiger partial charge in [-0.05, 0) is 18.6 Å². The summed E-state index contributed by atoms with van der Waals surface area (Å²) in [6.45, 7) is 2.69. The first-order valence-corrected chi connectivity index (χ1v) is 5.46. The van der Waals surface area contributed by atoms with Gasteiger partial charge in [-0.2, -0.15) is 0 Å². The minimum Gasteiger partial charge on any atom is -0.396 e. The molecule has 0 bridgehead atoms. The Morgan fingerprint density at radius 3 is 3.00 bits per heavy atom. The van der Waals surface area contributed by atoms with Gasteiger partial charge in [-0.25, -0.2) is 4.98 Å². The maximum absolute atomic E-state index is 5.91. The molecule has 0 amide bonds. The van der Waals surface area contributed by atoms with Gasteiger partial charge in [-0.15, -0.1) is 10.2 Å². The van der Waals surface area contributed by atoms with E-state index in [2.05, 4.69) is 20.5 Å². The lowest BCUT2D eigenvalue weighted by atomic mass is 10.2. The molecule has 17 heavy (non-hydrogen) atoms.